The second-order valence-corrected chi connectivity index (χ2v) is 7.07. The maximum Gasteiger partial charge on any atom is 0.213 e. The minimum Gasteiger partial charge on any atom is -0.323 e. The summed E-state index contributed by atoms with van der Waals surface area (Å²) in [4.78, 5) is 8.67. The number of imidazole rings is 1. The molecule has 0 saturated carbocycles. The second kappa shape index (κ2) is 6.67. The average molecular weight is 434 g/mol. The number of nitrogens with zero attached hydrogens (tertiary/aromatic N) is 3. The van der Waals surface area contributed by atoms with Crippen LogP contribution in [0.1, 0.15) is 0 Å². The van der Waals surface area contributed by atoms with Gasteiger partial charge in [0, 0.05) is 22.6 Å². The number of benzene rings is 2. The predicted octanol–water partition coefficient (Wildman–Crippen LogP) is 6.23. The molecule has 25 heavy (non-hydrogen) atoms. The molecule has 0 atom stereocenters. The van der Waals surface area contributed by atoms with E-state index in [9.17, 15) is 0 Å². The van der Waals surface area contributed by atoms with E-state index in [0.717, 1.165) is 21.2 Å². The smallest absolute Gasteiger partial charge is 0.213 e. The zero-order valence-electron chi connectivity index (χ0n) is 12.7. The Morgan fingerprint density at radius 1 is 0.920 bits per heavy atom. The van der Waals surface area contributed by atoms with Gasteiger partial charge in [0.1, 0.15) is 0 Å². The van der Waals surface area contributed by atoms with Gasteiger partial charge in [0.25, 0.3) is 0 Å². The maximum atomic E-state index is 6.24. The normalized spacial score (nSPS) is 11.0. The molecule has 7 heteroatoms. The molecule has 0 fully saturated rings. The number of hydrogen-bond acceptors (Lipinski definition) is 3. The van der Waals surface area contributed by atoms with Crippen molar-refractivity contribution in [1.82, 2.24) is 14.5 Å². The van der Waals surface area contributed by atoms with E-state index in [1.807, 2.05) is 53.1 Å². The van der Waals surface area contributed by atoms with Crippen LogP contribution in [-0.2, 0) is 0 Å². The van der Waals surface area contributed by atoms with Gasteiger partial charge in [-0.3, -0.25) is 9.55 Å². The molecule has 0 unspecified atom stereocenters. The highest BCUT2D eigenvalue weighted by molar-refractivity contribution is 9.10. The van der Waals surface area contributed by atoms with Crippen molar-refractivity contribution in [3.8, 4) is 5.69 Å². The number of pyridine rings is 1. The molecule has 0 spiro atoms. The van der Waals surface area contributed by atoms with E-state index in [2.05, 4.69) is 26.2 Å². The minimum atomic E-state index is 0.432. The molecule has 4 aromatic rings. The van der Waals surface area contributed by atoms with Crippen LogP contribution in [0.3, 0.4) is 0 Å². The van der Waals surface area contributed by atoms with Crippen molar-refractivity contribution < 1.29 is 0 Å². The van der Waals surface area contributed by atoms with Crippen LogP contribution in [0, 0.1) is 0 Å². The lowest BCUT2D eigenvalue weighted by atomic mass is 10.3. The third-order valence-corrected chi connectivity index (χ3v) is 4.84. The fourth-order valence-electron chi connectivity index (χ4n) is 2.60. The van der Waals surface area contributed by atoms with E-state index in [1.165, 1.54) is 0 Å². The molecular formula is C18H11BrCl2N4. The van der Waals surface area contributed by atoms with E-state index in [0.29, 0.717) is 21.7 Å². The SMILES string of the molecule is Clc1cncc(Cl)c1Nc1nc2ccccc2n1-c1ccc(Br)cc1. The van der Waals surface area contributed by atoms with Crippen LogP contribution in [0.25, 0.3) is 16.7 Å². The summed E-state index contributed by atoms with van der Waals surface area (Å²) < 4.78 is 3.03. The molecule has 124 valence electrons. The van der Waals surface area contributed by atoms with Gasteiger partial charge in [0.2, 0.25) is 5.95 Å². The van der Waals surface area contributed by atoms with Gasteiger partial charge < -0.3 is 5.32 Å². The third kappa shape index (κ3) is 3.11. The fourth-order valence-corrected chi connectivity index (χ4v) is 3.33. The number of aromatic nitrogens is 3. The van der Waals surface area contributed by atoms with Gasteiger partial charge in [-0.05, 0) is 36.4 Å². The lowest BCUT2D eigenvalue weighted by molar-refractivity contribution is 1.09. The summed E-state index contributed by atoms with van der Waals surface area (Å²) in [5, 5.41) is 4.11. The van der Waals surface area contributed by atoms with Crippen LogP contribution in [0.15, 0.2) is 65.4 Å². The highest BCUT2D eigenvalue weighted by atomic mass is 79.9. The van der Waals surface area contributed by atoms with Crippen molar-refractivity contribution in [2.24, 2.45) is 0 Å². The van der Waals surface area contributed by atoms with Crippen molar-refractivity contribution in [2.45, 2.75) is 0 Å². The number of fused-ring (bicyclic) bond motifs is 1. The van der Waals surface area contributed by atoms with Crippen LogP contribution in [0.4, 0.5) is 11.6 Å². The fraction of sp³-hybridized carbons (Fsp3) is 0. The summed E-state index contributed by atoms with van der Waals surface area (Å²) in [6.07, 6.45) is 3.09. The first kappa shape index (κ1) is 16.4. The number of rotatable bonds is 3. The van der Waals surface area contributed by atoms with Gasteiger partial charge in [0.05, 0.1) is 26.8 Å². The molecule has 0 aliphatic rings. The van der Waals surface area contributed by atoms with E-state index >= 15 is 0 Å². The Balaban J connectivity index is 1.91. The molecule has 4 nitrogen and oxygen atoms in total. The maximum absolute atomic E-state index is 6.24. The van der Waals surface area contributed by atoms with Crippen LogP contribution in [-0.4, -0.2) is 14.5 Å². The van der Waals surface area contributed by atoms with E-state index in [4.69, 9.17) is 28.2 Å². The molecule has 0 radical (unpaired) electrons. The van der Waals surface area contributed by atoms with E-state index < -0.39 is 0 Å². The standard InChI is InChI=1S/C18H11BrCl2N4/c19-11-5-7-12(8-6-11)25-16-4-2-1-3-15(16)23-18(25)24-17-13(20)9-22-10-14(17)21/h1-10H,(H,22,23,24). The zero-order chi connectivity index (χ0) is 17.4. The van der Waals surface area contributed by atoms with Crippen LogP contribution in [0.5, 0.6) is 0 Å². The quantitative estimate of drug-likeness (QED) is 0.416. The van der Waals surface area contributed by atoms with Gasteiger partial charge in [-0.15, -0.1) is 0 Å². The Labute approximate surface area is 162 Å². The summed E-state index contributed by atoms with van der Waals surface area (Å²) in [6, 6.07) is 15.9. The predicted molar refractivity (Wildman–Crippen MR) is 106 cm³/mol. The minimum absolute atomic E-state index is 0.432. The molecule has 0 aliphatic heterocycles. The van der Waals surface area contributed by atoms with Crippen molar-refractivity contribution in [3.63, 3.8) is 0 Å². The van der Waals surface area contributed by atoms with Gasteiger partial charge >= 0.3 is 0 Å². The first-order chi connectivity index (χ1) is 12.1. The zero-order valence-corrected chi connectivity index (χ0v) is 15.8. The lowest BCUT2D eigenvalue weighted by Gasteiger charge is -2.13. The Hall–Kier alpha value is -2.08. The summed E-state index contributed by atoms with van der Waals surface area (Å²) in [6.45, 7) is 0. The topological polar surface area (TPSA) is 42.7 Å². The molecular weight excluding hydrogens is 423 g/mol. The molecule has 2 heterocycles. The Kier molecular flexibility index (Phi) is 4.37. The Morgan fingerprint density at radius 2 is 1.60 bits per heavy atom. The van der Waals surface area contributed by atoms with Crippen molar-refractivity contribution in [3.05, 3.63) is 75.4 Å². The second-order valence-electron chi connectivity index (χ2n) is 5.34. The molecule has 4 rings (SSSR count). The molecule has 2 aromatic heterocycles. The summed E-state index contributed by atoms with van der Waals surface area (Å²) in [7, 11) is 0. The van der Waals surface area contributed by atoms with Crippen molar-refractivity contribution in [2.75, 3.05) is 5.32 Å². The lowest BCUT2D eigenvalue weighted by Crippen LogP contribution is -2.03. The number of nitrogens with one attached hydrogen (secondary N) is 1. The van der Waals surface area contributed by atoms with Gasteiger partial charge in [-0.25, -0.2) is 4.98 Å². The van der Waals surface area contributed by atoms with Crippen molar-refractivity contribution in [1.29, 1.82) is 0 Å². The van der Waals surface area contributed by atoms with Crippen LogP contribution in [0.2, 0.25) is 10.0 Å². The molecule has 1 N–H and O–H groups in total. The van der Waals surface area contributed by atoms with Gasteiger partial charge in [-0.2, -0.15) is 0 Å². The third-order valence-electron chi connectivity index (χ3n) is 3.74. The van der Waals surface area contributed by atoms with Gasteiger partial charge in [0.15, 0.2) is 0 Å². The molecule has 0 aliphatic carbocycles. The number of halogens is 3. The van der Waals surface area contributed by atoms with E-state index in [-0.39, 0.29) is 0 Å². The van der Waals surface area contributed by atoms with Crippen LogP contribution >= 0.6 is 39.1 Å². The van der Waals surface area contributed by atoms with Crippen LogP contribution < -0.4 is 5.32 Å². The molecule has 0 saturated heterocycles. The Morgan fingerprint density at radius 3 is 2.32 bits per heavy atom. The largest absolute Gasteiger partial charge is 0.323 e. The summed E-state index contributed by atoms with van der Waals surface area (Å²) in [5.41, 5.74) is 3.40. The molecule has 0 bridgehead atoms. The van der Waals surface area contributed by atoms with Crippen molar-refractivity contribution >= 4 is 61.8 Å². The monoisotopic (exact) mass is 432 g/mol. The molecule has 0 amide bonds. The van der Waals surface area contributed by atoms with Gasteiger partial charge in [-0.1, -0.05) is 51.3 Å². The number of para-hydroxylation sites is 2. The highest BCUT2D eigenvalue weighted by Gasteiger charge is 2.15. The first-order valence-corrected chi connectivity index (χ1v) is 8.98. The summed E-state index contributed by atoms with van der Waals surface area (Å²) in [5.74, 6) is 0.624. The Bertz CT molecular complexity index is 1040. The molecule has 2 aromatic carbocycles. The van der Waals surface area contributed by atoms with E-state index in [1.54, 1.807) is 12.4 Å². The summed E-state index contributed by atoms with van der Waals surface area (Å²) >= 11 is 16.0. The average Bonchev–Trinajstić information content (AvgIpc) is 2.97. The highest BCUT2D eigenvalue weighted by Crippen LogP contribution is 2.34. The first-order valence-electron chi connectivity index (χ1n) is 7.43. The number of hydrogen-bond donors (Lipinski definition) is 1. The number of anilines is 2.